The number of benzene rings is 9. The van der Waals surface area contributed by atoms with Crippen LogP contribution >= 0.6 is 0 Å². The monoisotopic (exact) mass is 716 g/mol. The van der Waals surface area contributed by atoms with Gasteiger partial charge >= 0.3 is 0 Å². The summed E-state index contributed by atoms with van der Waals surface area (Å²) in [6.45, 7) is 0. The summed E-state index contributed by atoms with van der Waals surface area (Å²) in [6.07, 6.45) is 0. The van der Waals surface area contributed by atoms with Gasteiger partial charge in [-0.15, -0.1) is 0 Å². The van der Waals surface area contributed by atoms with E-state index in [1.807, 2.05) is 12.1 Å². The Morgan fingerprint density at radius 3 is 1.75 bits per heavy atom. The van der Waals surface area contributed by atoms with Crippen LogP contribution in [0.5, 0.6) is 0 Å². The van der Waals surface area contributed by atoms with Crippen molar-refractivity contribution >= 4 is 93.5 Å². The number of furan rings is 2. The van der Waals surface area contributed by atoms with Crippen LogP contribution in [0.1, 0.15) is 0 Å². The molecule has 56 heavy (non-hydrogen) atoms. The number of aromatic nitrogens is 1. The van der Waals surface area contributed by atoms with E-state index in [-0.39, 0.29) is 0 Å². The molecule has 12 rings (SSSR count). The highest BCUT2D eigenvalue weighted by Gasteiger charge is 2.22. The molecule has 3 aromatic heterocycles. The molecule has 0 amide bonds. The first-order valence-electron chi connectivity index (χ1n) is 19.0. The van der Waals surface area contributed by atoms with E-state index in [2.05, 4.69) is 191 Å². The average molecular weight is 717 g/mol. The van der Waals surface area contributed by atoms with Crippen molar-refractivity contribution in [2.45, 2.75) is 0 Å². The SMILES string of the molecule is c1ccc2cc(-c3ccc(N(c4ccc5c(c4)oc4c(-n6c7ccccc7c7ccccc76)cccc45)c4cccc5c4oc4ccccc45)cc3)ccc2c1. The molecule has 0 spiro atoms. The number of anilines is 3. The molecular formula is C52H32N2O2. The van der Waals surface area contributed by atoms with Crippen molar-refractivity contribution in [2.24, 2.45) is 0 Å². The zero-order chi connectivity index (χ0) is 36.7. The van der Waals surface area contributed by atoms with Gasteiger partial charge in [0.25, 0.3) is 0 Å². The number of para-hydroxylation sites is 5. The van der Waals surface area contributed by atoms with Gasteiger partial charge in [0, 0.05) is 44.1 Å². The van der Waals surface area contributed by atoms with Crippen LogP contribution < -0.4 is 4.90 Å². The third kappa shape index (κ3) is 4.60. The minimum absolute atomic E-state index is 0.820. The molecule has 0 saturated heterocycles. The molecule has 0 N–H and O–H groups in total. The largest absolute Gasteiger partial charge is 0.454 e. The lowest BCUT2D eigenvalue weighted by molar-refractivity contribution is 0.666. The minimum Gasteiger partial charge on any atom is -0.454 e. The summed E-state index contributed by atoms with van der Waals surface area (Å²) in [6, 6.07) is 68.9. The molecule has 0 bridgehead atoms. The summed E-state index contributed by atoms with van der Waals surface area (Å²) in [5.74, 6) is 0. The van der Waals surface area contributed by atoms with Crippen LogP contribution in [-0.2, 0) is 0 Å². The summed E-state index contributed by atoms with van der Waals surface area (Å²) >= 11 is 0. The van der Waals surface area contributed by atoms with Crippen LogP contribution in [0.15, 0.2) is 203 Å². The Bertz CT molecular complexity index is 3440. The Morgan fingerprint density at radius 2 is 0.946 bits per heavy atom. The quantitative estimate of drug-likeness (QED) is 0.178. The van der Waals surface area contributed by atoms with Crippen LogP contribution in [0, 0.1) is 0 Å². The van der Waals surface area contributed by atoms with Crippen molar-refractivity contribution < 1.29 is 8.83 Å². The van der Waals surface area contributed by atoms with Gasteiger partial charge in [0.05, 0.1) is 28.1 Å². The van der Waals surface area contributed by atoms with Crippen LogP contribution in [0.25, 0.3) is 93.3 Å². The average Bonchev–Trinajstić information content (AvgIpc) is 3.94. The van der Waals surface area contributed by atoms with Crippen molar-refractivity contribution in [1.82, 2.24) is 4.57 Å². The summed E-state index contributed by atoms with van der Waals surface area (Å²) in [4.78, 5) is 2.29. The normalized spacial score (nSPS) is 11.9. The fraction of sp³-hybridized carbons (Fsp3) is 0. The number of nitrogens with zero attached hydrogens (tertiary/aromatic N) is 2. The van der Waals surface area contributed by atoms with Crippen molar-refractivity contribution in [2.75, 3.05) is 4.90 Å². The first-order valence-corrected chi connectivity index (χ1v) is 19.0. The molecule has 4 heteroatoms. The maximum atomic E-state index is 6.94. The molecule has 0 radical (unpaired) electrons. The van der Waals surface area contributed by atoms with E-state index in [0.717, 1.165) is 83.2 Å². The van der Waals surface area contributed by atoms with Gasteiger partial charge in [-0.3, -0.25) is 0 Å². The third-order valence-electron chi connectivity index (χ3n) is 11.4. The highest BCUT2D eigenvalue weighted by molar-refractivity contribution is 6.14. The Kier molecular flexibility index (Phi) is 6.60. The molecule has 9 aromatic carbocycles. The van der Waals surface area contributed by atoms with Gasteiger partial charge in [-0.1, -0.05) is 127 Å². The Morgan fingerprint density at radius 1 is 0.357 bits per heavy atom. The van der Waals surface area contributed by atoms with Crippen molar-refractivity contribution in [1.29, 1.82) is 0 Å². The van der Waals surface area contributed by atoms with E-state index in [4.69, 9.17) is 8.83 Å². The molecule has 0 aliphatic heterocycles. The van der Waals surface area contributed by atoms with Gasteiger partial charge in [-0.05, 0) is 82.6 Å². The van der Waals surface area contributed by atoms with E-state index < -0.39 is 0 Å². The molecule has 0 saturated carbocycles. The van der Waals surface area contributed by atoms with Crippen molar-refractivity contribution in [3.63, 3.8) is 0 Å². The van der Waals surface area contributed by atoms with Gasteiger partial charge < -0.3 is 18.3 Å². The molecule has 0 aliphatic carbocycles. The molecule has 0 unspecified atom stereocenters. The van der Waals surface area contributed by atoms with Crippen LogP contribution in [0.4, 0.5) is 17.1 Å². The first-order chi connectivity index (χ1) is 27.8. The number of fused-ring (bicyclic) bond motifs is 10. The van der Waals surface area contributed by atoms with Crippen molar-refractivity contribution in [3.05, 3.63) is 194 Å². The van der Waals surface area contributed by atoms with E-state index >= 15 is 0 Å². The highest BCUT2D eigenvalue weighted by Crippen LogP contribution is 2.45. The first kappa shape index (κ1) is 30.9. The zero-order valence-corrected chi connectivity index (χ0v) is 30.2. The Balaban J connectivity index is 1.05. The van der Waals surface area contributed by atoms with E-state index in [0.29, 0.717) is 0 Å². The molecular weight excluding hydrogens is 685 g/mol. The van der Waals surface area contributed by atoms with Crippen LogP contribution in [0.3, 0.4) is 0 Å². The second kappa shape index (κ2) is 12.0. The molecule has 0 atom stereocenters. The predicted octanol–water partition coefficient (Wildman–Crippen LogP) is 14.9. The maximum absolute atomic E-state index is 6.94. The van der Waals surface area contributed by atoms with Gasteiger partial charge in [-0.2, -0.15) is 0 Å². The lowest BCUT2D eigenvalue weighted by atomic mass is 10.0. The molecule has 12 aromatic rings. The van der Waals surface area contributed by atoms with Crippen molar-refractivity contribution in [3.8, 4) is 16.8 Å². The van der Waals surface area contributed by atoms with Gasteiger partial charge in [0.2, 0.25) is 0 Å². The Labute approximate surface area is 321 Å². The molecule has 3 heterocycles. The fourth-order valence-corrected chi connectivity index (χ4v) is 8.78. The van der Waals surface area contributed by atoms with E-state index in [9.17, 15) is 0 Å². The lowest BCUT2D eigenvalue weighted by Gasteiger charge is -2.25. The number of rotatable bonds is 5. The number of hydrogen-bond donors (Lipinski definition) is 0. The lowest BCUT2D eigenvalue weighted by Crippen LogP contribution is -2.10. The fourth-order valence-electron chi connectivity index (χ4n) is 8.78. The van der Waals surface area contributed by atoms with Crippen LogP contribution in [0.2, 0.25) is 0 Å². The maximum Gasteiger partial charge on any atom is 0.159 e. The summed E-state index contributed by atoms with van der Waals surface area (Å²) in [7, 11) is 0. The third-order valence-corrected chi connectivity index (χ3v) is 11.4. The topological polar surface area (TPSA) is 34.5 Å². The van der Waals surface area contributed by atoms with Crippen LogP contribution in [-0.4, -0.2) is 4.57 Å². The molecule has 0 aliphatic rings. The second-order valence-corrected chi connectivity index (χ2v) is 14.5. The predicted molar refractivity (Wildman–Crippen MR) is 233 cm³/mol. The van der Waals surface area contributed by atoms with Gasteiger partial charge in [0.1, 0.15) is 11.2 Å². The molecule has 262 valence electrons. The zero-order valence-electron chi connectivity index (χ0n) is 30.2. The standard InChI is InChI=1S/C52H32N2O2/c1-2-12-35-31-36(24-23-33(35)11-1)34-25-27-37(28-26-34)53(47-20-9-16-43-41-15-5-8-22-49(41)55-51(43)47)38-29-30-42-44-17-10-21-48(52(44)56-50(42)32-38)54-45-18-6-3-13-39(45)40-14-4-7-19-46(40)54/h1-32H. The molecule has 0 fully saturated rings. The van der Waals surface area contributed by atoms with Gasteiger partial charge in [-0.25, -0.2) is 0 Å². The number of hydrogen-bond acceptors (Lipinski definition) is 3. The Hall–Kier alpha value is -7.56. The summed E-state index contributed by atoms with van der Waals surface area (Å²) in [5, 5.41) is 9.24. The summed E-state index contributed by atoms with van der Waals surface area (Å²) < 4.78 is 15.9. The summed E-state index contributed by atoms with van der Waals surface area (Å²) in [5.41, 5.74) is 12.0. The highest BCUT2D eigenvalue weighted by atomic mass is 16.3. The van der Waals surface area contributed by atoms with E-state index in [1.54, 1.807) is 0 Å². The molecule has 4 nitrogen and oxygen atoms in total. The van der Waals surface area contributed by atoms with Gasteiger partial charge in [0.15, 0.2) is 11.2 Å². The second-order valence-electron chi connectivity index (χ2n) is 14.5. The minimum atomic E-state index is 0.820. The smallest absolute Gasteiger partial charge is 0.159 e. The van der Waals surface area contributed by atoms with E-state index in [1.165, 1.54) is 27.1 Å².